The van der Waals surface area contributed by atoms with Crippen LogP contribution >= 0.6 is 0 Å². The number of urea groups is 1. The number of carbonyl (C=O) groups is 3. The van der Waals surface area contributed by atoms with E-state index in [0.29, 0.717) is 11.3 Å². The van der Waals surface area contributed by atoms with E-state index in [0.717, 1.165) is 5.56 Å². The van der Waals surface area contributed by atoms with Crippen LogP contribution < -0.4 is 21.3 Å². The maximum absolute atomic E-state index is 11.8. The minimum Gasteiger partial charge on any atom is -0.467 e. The first-order valence-corrected chi connectivity index (χ1v) is 7.70. The van der Waals surface area contributed by atoms with Crippen LogP contribution in [0.5, 0.6) is 0 Å². The summed E-state index contributed by atoms with van der Waals surface area (Å²) in [7, 11) is 1.55. The first-order chi connectivity index (χ1) is 12.1. The molecule has 2 aromatic rings. The number of carbonyl (C=O) groups excluding carboxylic acids is 3. The fourth-order valence-corrected chi connectivity index (χ4v) is 2.03. The van der Waals surface area contributed by atoms with Crippen molar-refractivity contribution >= 4 is 17.8 Å². The Morgan fingerprint density at radius 3 is 2.56 bits per heavy atom. The summed E-state index contributed by atoms with van der Waals surface area (Å²) >= 11 is 0. The topological polar surface area (TPSA) is 112 Å². The van der Waals surface area contributed by atoms with Gasteiger partial charge in [0.2, 0.25) is 5.91 Å². The Hall–Kier alpha value is -3.29. The fourth-order valence-electron chi connectivity index (χ4n) is 2.03. The molecule has 0 bridgehead atoms. The molecule has 4 amide bonds. The molecule has 0 fully saturated rings. The molecule has 4 N–H and O–H groups in total. The highest BCUT2D eigenvalue weighted by molar-refractivity contribution is 5.94. The van der Waals surface area contributed by atoms with Gasteiger partial charge < -0.3 is 25.7 Å². The van der Waals surface area contributed by atoms with Crippen LogP contribution in [0.4, 0.5) is 4.79 Å². The zero-order chi connectivity index (χ0) is 18.1. The van der Waals surface area contributed by atoms with E-state index in [1.165, 1.54) is 6.26 Å². The van der Waals surface area contributed by atoms with Gasteiger partial charge in [0.1, 0.15) is 5.76 Å². The Morgan fingerprint density at radius 1 is 1.00 bits per heavy atom. The number of amides is 4. The molecule has 8 heteroatoms. The lowest BCUT2D eigenvalue weighted by atomic mass is 10.1. The highest BCUT2D eigenvalue weighted by atomic mass is 16.3. The van der Waals surface area contributed by atoms with E-state index in [9.17, 15) is 14.4 Å². The minimum atomic E-state index is -0.465. The molecule has 0 saturated carbocycles. The number of benzene rings is 1. The van der Waals surface area contributed by atoms with Crippen LogP contribution in [0.2, 0.25) is 0 Å². The van der Waals surface area contributed by atoms with Crippen LogP contribution in [0.25, 0.3) is 0 Å². The molecular formula is C17H20N4O4. The van der Waals surface area contributed by atoms with Gasteiger partial charge in [-0.3, -0.25) is 9.59 Å². The maximum Gasteiger partial charge on any atom is 0.315 e. The van der Waals surface area contributed by atoms with Crippen molar-refractivity contribution in [2.45, 2.75) is 13.1 Å². The number of furan rings is 1. The standard InChI is InChI=1S/C17H20N4O4/c1-18-16(23)13-5-2-4-12(8-13)9-19-15(22)11-21-17(24)20-10-14-6-3-7-25-14/h2-8H,9-11H2,1H3,(H,18,23)(H,19,22)(H2,20,21,24). The number of hydrogen-bond acceptors (Lipinski definition) is 4. The lowest BCUT2D eigenvalue weighted by molar-refractivity contribution is -0.120. The van der Waals surface area contributed by atoms with Crippen molar-refractivity contribution in [2.75, 3.05) is 13.6 Å². The predicted octanol–water partition coefficient (Wildman–Crippen LogP) is 0.755. The summed E-state index contributed by atoms with van der Waals surface area (Å²) in [5, 5.41) is 10.2. The van der Waals surface area contributed by atoms with Gasteiger partial charge in [0.05, 0.1) is 19.4 Å². The minimum absolute atomic E-state index is 0.154. The highest BCUT2D eigenvalue weighted by Crippen LogP contribution is 2.05. The predicted molar refractivity (Wildman–Crippen MR) is 90.6 cm³/mol. The molecule has 0 saturated heterocycles. The lowest BCUT2D eigenvalue weighted by Crippen LogP contribution is -2.41. The van der Waals surface area contributed by atoms with Crippen LogP contribution in [-0.4, -0.2) is 31.4 Å². The summed E-state index contributed by atoms with van der Waals surface area (Å²) in [5.74, 6) is 0.0946. The SMILES string of the molecule is CNC(=O)c1cccc(CNC(=O)CNC(=O)NCc2ccco2)c1. The monoisotopic (exact) mass is 344 g/mol. The largest absolute Gasteiger partial charge is 0.467 e. The third-order valence-electron chi connectivity index (χ3n) is 3.32. The van der Waals surface area contributed by atoms with Crippen LogP contribution in [0, 0.1) is 0 Å². The first kappa shape index (κ1) is 18.1. The third kappa shape index (κ3) is 6.02. The Labute approximate surface area is 145 Å². The molecule has 0 atom stereocenters. The Bertz CT molecular complexity index is 728. The molecular weight excluding hydrogens is 324 g/mol. The fraction of sp³-hybridized carbons (Fsp3) is 0.235. The van der Waals surface area contributed by atoms with Crippen molar-refractivity contribution in [3.63, 3.8) is 0 Å². The summed E-state index contributed by atoms with van der Waals surface area (Å²) in [4.78, 5) is 34.9. The molecule has 2 rings (SSSR count). The molecule has 8 nitrogen and oxygen atoms in total. The summed E-state index contributed by atoms with van der Waals surface area (Å²) in [6.45, 7) is 0.352. The number of nitrogens with one attached hydrogen (secondary N) is 4. The molecule has 0 aliphatic rings. The highest BCUT2D eigenvalue weighted by Gasteiger charge is 2.07. The normalized spacial score (nSPS) is 9.96. The van der Waals surface area contributed by atoms with Crippen molar-refractivity contribution in [1.82, 2.24) is 21.3 Å². The lowest BCUT2D eigenvalue weighted by Gasteiger charge is -2.08. The molecule has 1 aromatic carbocycles. The van der Waals surface area contributed by atoms with E-state index in [1.807, 2.05) is 0 Å². The second-order valence-electron chi connectivity index (χ2n) is 5.17. The van der Waals surface area contributed by atoms with Crippen molar-refractivity contribution in [2.24, 2.45) is 0 Å². The van der Waals surface area contributed by atoms with Crippen LogP contribution in [0.1, 0.15) is 21.7 Å². The Kier molecular flexibility index (Phi) is 6.58. The van der Waals surface area contributed by atoms with Crippen molar-refractivity contribution < 1.29 is 18.8 Å². The van der Waals surface area contributed by atoms with Gasteiger partial charge in [0.15, 0.2) is 0 Å². The molecule has 1 aromatic heterocycles. The Balaban J connectivity index is 1.70. The first-order valence-electron chi connectivity index (χ1n) is 7.70. The van der Waals surface area contributed by atoms with E-state index < -0.39 is 6.03 Å². The van der Waals surface area contributed by atoms with E-state index in [1.54, 1.807) is 43.4 Å². The molecule has 25 heavy (non-hydrogen) atoms. The van der Waals surface area contributed by atoms with Crippen molar-refractivity contribution in [1.29, 1.82) is 0 Å². The van der Waals surface area contributed by atoms with Gasteiger partial charge >= 0.3 is 6.03 Å². The van der Waals surface area contributed by atoms with Gasteiger partial charge in [-0.15, -0.1) is 0 Å². The van der Waals surface area contributed by atoms with Gasteiger partial charge in [-0.05, 0) is 29.8 Å². The summed E-state index contributed by atoms with van der Waals surface area (Å²) < 4.78 is 5.08. The quantitative estimate of drug-likeness (QED) is 0.594. The molecule has 132 valence electrons. The van der Waals surface area contributed by atoms with Crippen molar-refractivity contribution in [3.05, 3.63) is 59.5 Å². The molecule has 0 unspecified atom stereocenters. The molecule has 0 radical (unpaired) electrons. The van der Waals surface area contributed by atoms with Crippen molar-refractivity contribution in [3.8, 4) is 0 Å². The summed E-state index contributed by atoms with van der Waals surface area (Å²) in [6.07, 6.45) is 1.52. The van der Waals surface area contributed by atoms with Gasteiger partial charge in [-0.1, -0.05) is 12.1 Å². The Morgan fingerprint density at radius 2 is 1.84 bits per heavy atom. The second-order valence-corrected chi connectivity index (χ2v) is 5.17. The van der Waals surface area contributed by atoms with Gasteiger partial charge in [0, 0.05) is 19.2 Å². The van der Waals surface area contributed by atoms with Gasteiger partial charge in [-0.25, -0.2) is 4.79 Å². The number of hydrogen-bond donors (Lipinski definition) is 4. The average Bonchev–Trinajstić information content (AvgIpc) is 3.16. The van der Waals surface area contributed by atoms with Gasteiger partial charge in [-0.2, -0.15) is 0 Å². The zero-order valence-corrected chi connectivity index (χ0v) is 13.8. The molecule has 0 aliphatic carbocycles. The van der Waals surface area contributed by atoms with Crippen LogP contribution in [0.15, 0.2) is 47.1 Å². The average molecular weight is 344 g/mol. The van der Waals surface area contributed by atoms with E-state index >= 15 is 0 Å². The van der Waals surface area contributed by atoms with E-state index in [-0.39, 0.29) is 31.4 Å². The van der Waals surface area contributed by atoms with E-state index in [2.05, 4.69) is 21.3 Å². The molecule has 0 aliphatic heterocycles. The van der Waals surface area contributed by atoms with Crippen LogP contribution in [0.3, 0.4) is 0 Å². The van der Waals surface area contributed by atoms with E-state index in [4.69, 9.17) is 4.42 Å². The van der Waals surface area contributed by atoms with Gasteiger partial charge in [0.25, 0.3) is 5.91 Å². The van der Waals surface area contributed by atoms with Crippen LogP contribution in [-0.2, 0) is 17.9 Å². The summed E-state index contributed by atoms with van der Waals surface area (Å²) in [5.41, 5.74) is 1.31. The number of rotatable bonds is 7. The molecule has 0 spiro atoms. The smallest absolute Gasteiger partial charge is 0.315 e. The summed E-state index contributed by atoms with van der Waals surface area (Å²) in [6, 6.07) is 9.93. The molecule has 1 heterocycles. The second kappa shape index (κ2) is 9.11. The maximum atomic E-state index is 11.8. The zero-order valence-electron chi connectivity index (χ0n) is 13.8. The third-order valence-corrected chi connectivity index (χ3v) is 3.32.